The maximum Gasteiger partial charge on any atom is 1.00 e. The maximum atomic E-state index is 2.28. The molecule has 0 heterocycles. The largest absolute Gasteiger partial charge is 1.00 e. The molecule has 0 fully saturated rings. The molecule has 0 radical (unpaired) electrons. The van der Waals surface area contributed by atoms with Crippen LogP contribution in [0.2, 0.25) is 0 Å². The van der Waals surface area contributed by atoms with Crippen LogP contribution in [0.15, 0.2) is 60.7 Å². The Balaban J connectivity index is 0.000000722. The molecule has 0 aliphatic heterocycles. The first kappa shape index (κ1) is 11.3. The van der Waals surface area contributed by atoms with Gasteiger partial charge in [0.25, 0.3) is 0 Å². The number of fused-ring (bicyclic) bond motifs is 1. The number of benzene rings is 2. The summed E-state index contributed by atoms with van der Waals surface area (Å²) in [7, 11) is 0. The molecular weight excluding hydrogens is 187 g/mol. The summed E-state index contributed by atoms with van der Waals surface area (Å²) in [6.07, 6.45) is 4.49. The van der Waals surface area contributed by atoms with Crippen molar-refractivity contribution in [2.24, 2.45) is 0 Å². The van der Waals surface area contributed by atoms with Gasteiger partial charge in [0.1, 0.15) is 0 Å². The minimum atomic E-state index is 0. The van der Waals surface area contributed by atoms with Crippen LogP contribution in [0.4, 0.5) is 0 Å². The van der Waals surface area contributed by atoms with Gasteiger partial charge in [-0.2, -0.15) is 0 Å². The van der Waals surface area contributed by atoms with Gasteiger partial charge in [-0.15, -0.1) is 0 Å². The second kappa shape index (κ2) is 4.74. The summed E-state index contributed by atoms with van der Waals surface area (Å²) in [5, 5.41) is 0. The van der Waals surface area contributed by atoms with Gasteiger partial charge in [-0.05, 0) is 16.7 Å². The third-order valence-electron chi connectivity index (χ3n) is 2.96. The molecular formula is C15H13Li. The van der Waals surface area contributed by atoms with E-state index in [9.17, 15) is 0 Å². The van der Waals surface area contributed by atoms with Gasteiger partial charge in [-0.3, -0.25) is 0 Å². The van der Waals surface area contributed by atoms with Crippen LogP contribution in [0, 0.1) is 0 Å². The van der Waals surface area contributed by atoms with Crippen LogP contribution in [0.3, 0.4) is 0 Å². The first-order valence-electron chi connectivity index (χ1n) is 5.27. The summed E-state index contributed by atoms with van der Waals surface area (Å²) < 4.78 is 0. The van der Waals surface area contributed by atoms with E-state index >= 15 is 0 Å². The Morgan fingerprint density at radius 1 is 0.812 bits per heavy atom. The van der Waals surface area contributed by atoms with E-state index in [1.807, 2.05) is 0 Å². The number of rotatable bonds is 1. The fraction of sp³-hybridized carbons (Fsp3) is 0.0667. The minimum absolute atomic E-state index is 0. The van der Waals surface area contributed by atoms with E-state index in [1.54, 1.807) is 0 Å². The topological polar surface area (TPSA) is 0 Å². The van der Waals surface area contributed by atoms with E-state index < -0.39 is 0 Å². The van der Waals surface area contributed by atoms with Gasteiger partial charge in [0, 0.05) is 5.92 Å². The minimum Gasteiger partial charge on any atom is -1.00 e. The number of hydrogen-bond acceptors (Lipinski definition) is 0. The van der Waals surface area contributed by atoms with E-state index in [-0.39, 0.29) is 20.3 Å². The molecule has 16 heavy (non-hydrogen) atoms. The van der Waals surface area contributed by atoms with E-state index in [1.165, 1.54) is 16.7 Å². The summed E-state index contributed by atoms with van der Waals surface area (Å²) >= 11 is 0. The van der Waals surface area contributed by atoms with Gasteiger partial charge in [-0.1, -0.05) is 66.7 Å². The van der Waals surface area contributed by atoms with Crippen molar-refractivity contribution in [3.05, 3.63) is 77.4 Å². The zero-order valence-corrected chi connectivity index (χ0v) is 9.43. The van der Waals surface area contributed by atoms with Crippen LogP contribution in [0.1, 0.15) is 24.0 Å². The fourth-order valence-electron chi connectivity index (χ4n) is 2.20. The molecule has 0 saturated heterocycles. The fourth-order valence-corrected chi connectivity index (χ4v) is 2.20. The van der Waals surface area contributed by atoms with Crippen molar-refractivity contribution in [1.29, 1.82) is 0 Å². The smallest absolute Gasteiger partial charge is 1.00 e. The van der Waals surface area contributed by atoms with Crippen LogP contribution in [0.25, 0.3) is 6.08 Å². The zero-order chi connectivity index (χ0) is 10.1. The quantitative estimate of drug-likeness (QED) is 0.601. The Morgan fingerprint density at radius 3 is 2.31 bits per heavy atom. The molecule has 0 nitrogen and oxygen atoms in total. The Bertz CT molecular complexity index is 505. The molecule has 2 aromatic carbocycles. The van der Waals surface area contributed by atoms with Gasteiger partial charge in [0.15, 0.2) is 0 Å². The number of allylic oxidation sites excluding steroid dienone is 1. The van der Waals surface area contributed by atoms with Crippen LogP contribution in [0.5, 0.6) is 0 Å². The van der Waals surface area contributed by atoms with Crippen LogP contribution < -0.4 is 18.9 Å². The van der Waals surface area contributed by atoms with Gasteiger partial charge >= 0.3 is 18.9 Å². The van der Waals surface area contributed by atoms with E-state index in [0.29, 0.717) is 5.92 Å². The van der Waals surface area contributed by atoms with Gasteiger partial charge < -0.3 is 1.43 Å². The zero-order valence-electron chi connectivity index (χ0n) is 10.4. The van der Waals surface area contributed by atoms with Crippen molar-refractivity contribution < 1.29 is 20.3 Å². The van der Waals surface area contributed by atoms with Gasteiger partial charge in [0.2, 0.25) is 0 Å². The van der Waals surface area contributed by atoms with Crippen molar-refractivity contribution in [2.45, 2.75) is 5.92 Å². The summed E-state index contributed by atoms with van der Waals surface area (Å²) in [5.74, 6) is 0.447. The molecule has 0 spiro atoms. The normalized spacial score (nSPS) is 16.6. The summed E-state index contributed by atoms with van der Waals surface area (Å²) in [6.45, 7) is 0. The van der Waals surface area contributed by atoms with Crippen molar-refractivity contribution >= 4 is 6.08 Å². The molecule has 74 valence electrons. The molecule has 0 aromatic heterocycles. The predicted molar refractivity (Wildman–Crippen MR) is 64.9 cm³/mol. The van der Waals surface area contributed by atoms with E-state index in [0.717, 1.165) is 0 Å². The molecule has 1 aliphatic rings. The van der Waals surface area contributed by atoms with Crippen molar-refractivity contribution in [3.63, 3.8) is 0 Å². The summed E-state index contributed by atoms with van der Waals surface area (Å²) in [4.78, 5) is 0. The second-order valence-corrected chi connectivity index (χ2v) is 3.88. The molecule has 0 N–H and O–H groups in total. The molecule has 0 bridgehead atoms. The van der Waals surface area contributed by atoms with E-state index in [4.69, 9.17) is 0 Å². The van der Waals surface area contributed by atoms with E-state index in [2.05, 4.69) is 66.7 Å². The standard InChI is InChI=1S/C15H12.Li.H/c1-2-6-12(7-3-1)15-11-10-13-8-4-5-9-14(13)15;;/h1-11,15H;;/q;+1;-1. The van der Waals surface area contributed by atoms with Gasteiger partial charge in [0.05, 0.1) is 0 Å². The van der Waals surface area contributed by atoms with Crippen molar-refractivity contribution in [3.8, 4) is 0 Å². The Kier molecular flexibility index (Phi) is 3.34. The molecule has 3 rings (SSSR count). The number of hydrogen-bond donors (Lipinski definition) is 0. The molecule has 1 atom stereocenters. The predicted octanol–water partition coefficient (Wildman–Crippen LogP) is 0.962. The molecule has 1 heteroatoms. The van der Waals surface area contributed by atoms with Crippen molar-refractivity contribution in [2.75, 3.05) is 0 Å². The average Bonchev–Trinajstić information content (AvgIpc) is 2.74. The van der Waals surface area contributed by atoms with Gasteiger partial charge in [-0.25, -0.2) is 0 Å². The molecule has 1 aliphatic carbocycles. The summed E-state index contributed by atoms with van der Waals surface area (Å²) in [5.41, 5.74) is 4.15. The first-order valence-corrected chi connectivity index (χ1v) is 5.27. The second-order valence-electron chi connectivity index (χ2n) is 3.88. The maximum absolute atomic E-state index is 2.28. The molecule has 2 aromatic rings. The molecule has 0 amide bonds. The summed E-state index contributed by atoms with van der Waals surface area (Å²) in [6, 6.07) is 19.2. The average molecular weight is 200 g/mol. The Hall–Kier alpha value is -1.22. The van der Waals surface area contributed by atoms with Crippen LogP contribution in [-0.2, 0) is 0 Å². The Morgan fingerprint density at radius 2 is 1.50 bits per heavy atom. The monoisotopic (exact) mass is 200 g/mol. The van der Waals surface area contributed by atoms with Crippen LogP contribution in [-0.4, -0.2) is 0 Å². The first-order chi connectivity index (χ1) is 7.45. The Labute approximate surface area is 110 Å². The van der Waals surface area contributed by atoms with Crippen molar-refractivity contribution in [1.82, 2.24) is 0 Å². The third-order valence-corrected chi connectivity index (χ3v) is 2.96. The SMILES string of the molecule is C1=CC(c2ccccc2)c2ccccc21.[H-].[Li+]. The molecule has 0 saturated carbocycles. The van der Waals surface area contributed by atoms with Crippen LogP contribution >= 0.6 is 0 Å². The molecule has 1 unspecified atom stereocenters. The third kappa shape index (κ3) is 1.87.